The molecule has 12 heavy (non-hydrogen) atoms. The lowest BCUT2D eigenvalue weighted by molar-refractivity contribution is 0.633. The van der Waals surface area contributed by atoms with Gasteiger partial charge >= 0.3 is 0 Å². The molecule has 0 spiro atoms. The summed E-state index contributed by atoms with van der Waals surface area (Å²) < 4.78 is 0. The highest BCUT2D eigenvalue weighted by Crippen LogP contribution is 2.39. The van der Waals surface area contributed by atoms with Crippen LogP contribution in [0.3, 0.4) is 0 Å². The van der Waals surface area contributed by atoms with Crippen molar-refractivity contribution in [3.63, 3.8) is 0 Å². The monoisotopic (exact) mass is 161 g/mol. The zero-order valence-electron chi connectivity index (χ0n) is 7.46. The van der Waals surface area contributed by atoms with Gasteiger partial charge in [-0.05, 0) is 31.2 Å². The maximum Gasteiger partial charge on any atom is 0.0323 e. The van der Waals surface area contributed by atoms with Crippen LogP contribution in [0.2, 0.25) is 0 Å². The molecule has 1 fully saturated rings. The number of hydrogen-bond donors (Lipinski definition) is 1. The summed E-state index contributed by atoms with van der Waals surface area (Å²) in [7, 11) is 0. The predicted molar refractivity (Wildman–Crippen MR) is 50.8 cm³/mol. The Kier molecular flexibility index (Phi) is 1.89. The van der Waals surface area contributed by atoms with Gasteiger partial charge in [0.2, 0.25) is 0 Å². The number of nitrogens with two attached hydrogens (primary N) is 1. The van der Waals surface area contributed by atoms with Crippen molar-refractivity contribution in [1.29, 1.82) is 0 Å². The first kappa shape index (κ1) is 7.81. The van der Waals surface area contributed by atoms with E-state index >= 15 is 0 Å². The van der Waals surface area contributed by atoms with Gasteiger partial charge in [0.25, 0.3) is 0 Å². The van der Waals surface area contributed by atoms with Crippen LogP contribution in [0.15, 0.2) is 24.3 Å². The first-order valence-electron chi connectivity index (χ1n) is 4.59. The average Bonchev–Trinajstić information content (AvgIpc) is 2.87. The van der Waals surface area contributed by atoms with E-state index in [4.69, 9.17) is 5.73 Å². The van der Waals surface area contributed by atoms with Gasteiger partial charge in [-0.15, -0.1) is 0 Å². The Balaban J connectivity index is 2.16. The molecule has 1 aliphatic carbocycles. The molecule has 0 bridgehead atoms. The van der Waals surface area contributed by atoms with E-state index in [0.29, 0.717) is 0 Å². The van der Waals surface area contributed by atoms with E-state index in [1.54, 1.807) is 0 Å². The Morgan fingerprint density at radius 2 is 1.83 bits per heavy atom. The SMILES string of the molecule is Cc1ccc(C(N)C2CC2)cc1. The maximum atomic E-state index is 6.05. The predicted octanol–water partition coefficient (Wildman–Crippen LogP) is 2.40. The topological polar surface area (TPSA) is 26.0 Å². The molecule has 1 unspecified atom stereocenters. The molecule has 2 N–H and O–H groups in total. The number of benzene rings is 1. The maximum absolute atomic E-state index is 6.05. The summed E-state index contributed by atoms with van der Waals surface area (Å²) in [6.45, 7) is 2.10. The minimum absolute atomic E-state index is 0.283. The molecule has 1 atom stereocenters. The van der Waals surface area contributed by atoms with E-state index in [9.17, 15) is 0 Å². The summed E-state index contributed by atoms with van der Waals surface area (Å²) in [6.07, 6.45) is 2.63. The quantitative estimate of drug-likeness (QED) is 0.708. The fourth-order valence-corrected chi connectivity index (χ4v) is 1.52. The minimum atomic E-state index is 0.283. The summed E-state index contributed by atoms with van der Waals surface area (Å²) in [5.41, 5.74) is 8.65. The minimum Gasteiger partial charge on any atom is -0.324 e. The van der Waals surface area contributed by atoms with E-state index in [1.807, 2.05) is 0 Å². The van der Waals surface area contributed by atoms with E-state index < -0.39 is 0 Å². The average molecular weight is 161 g/mol. The molecular weight excluding hydrogens is 146 g/mol. The van der Waals surface area contributed by atoms with E-state index in [-0.39, 0.29) is 6.04 Å². The zero-order chi connectivity index (χ0) is 8.55. The van der Waals surface area contributed by atoms with Gasteiger partial charge in [-0.2, -0.15) is 0 Å². The van der Waals surface area contributed by atoms with Crippen molar-refractivity contribution in [3.8, 4) is 0 Å². The standard InChI is InChI=1S/C11H15N/c1-8-2-4-9(5-3-8)11(12)10-6-7-10/h2-5,10-11H,6-7,12H2,1H3. The highest BCUT2D eigenvalue weighted by atomic mass is 14.7. The molecule has 1 aromatic carbocycles. The smallest absolute Gasteiger partial charge is 0.0323 e. The zero-order valence-corrected chi connectivity index (χ0v) is 7.46. The highest BCUT2D eigenvalue weighted by molar-refractivity contribution is 5.25. The fourth-order valence-electron chi connectivity index (χ4n) is 1.52. The second-order valence-electron chi connectivity index (χ2n) is 3.77. The third-order valence-electron chi connectivity index (χ3n) is 2.59. The van der Waals surface area contributed by atoms with Crippen LogP contribution >= 0.6 is 0 Å². The molecule has 1 aromatic rings. The van der Waals surface area contributed by atoms with Crippen LogP contribution in [0.4, 0.5) is 0 Å². The van der Waals surface area contributed by atoms with Crippen molar-refractivity contribution in [1.82, 2.24) is 0 Å². The van der Waals surface area contributed by atoms with Crippen molar-refractivity contribution in [3.05, 3.63) is 35.4 Å². The van der Waals surface area contributed by atoms with Gasteiger partial charge in [-0.1, -0.05) is 29.8 Å². The Morgan fingerprint density at radius 1 is 1.25 bits per heavy atom. The Labute approximate surface area is 73.6 Å². The number of rotatable bonds is 2. The Bertz CT molecular complexity index is 259. The van der Waals surface area contributed by atoms with Crippen molar-refractivity contribution in [2.24, 2.45) is 11.7 Å². The molecule has 1 aliphatic rings. The van der Waals surface area contributed by atoms with E-state index in [2.05, 4.69) is 31.2 Å². The van der Waals surface area contributed by atoms with Crippen LogP contribution in [0, 0.1) is 12.8 Å². The van der Waals surface area contributed by atoms with Crippen LogP contribution in [0.5, 0.6) is 0 Å². The Morgan fingerprint density at radius 3 is 2.33 bits per heavy atom. The van der Waals surface area contributed by atoms with Gasteiger partial charge in [-0.3, -0.25) is 0 Å². The lowest BCUT2D eigenvalue weighted by Crippen LogP contribution is -2.11. The van der Waals surface area contributed by atoms with Crippen molar-refractivity contribution < 1.29 is 0 Å². The van der Waals surface area contributed by atoms with Gasteiger partial charge < -0.3 is 5.73 Å². The molecule has 0 amide bonds. The molecule has 0 heterocycles. The largest absolute Gasteiger partial charge is 0.324 e. The highest BCUT2D eigenvalue weighted by Gasteiger charge is 2.29. The normalized spacial score (nSPS) is 19.2. The first-order chi connectivity index (χ1) is 5.77. The van der Waals surface area contributed by atoms with Gasteiger partial charge in [0.15, 0.2) is 0 Å². The Hall–Kier alpha value is -0.820. The fraction of sp³-hybridized carbons (Fsp3) is 0.455. The van der Waals surface area contributed by atoms with E-state index in [0.717, 1.165) is 5.92 Å². The molecular formula is C11H15N. The lowest BCUT2D eigenvalue weighted by Gasteiger charge is -2.10. The first-order valence-corrected chi connectivity index (χ1v) is 4.59. The van der Waals surface area contributed by atoms with Crippen LogP contribution in [0.25, 0.3) is 0 Å². The lowest BCUT2D eigenvalue weighted by atomic mass is 10.0. The summed E-state index contributed by atoms with van der Waals surface area (Å²) in [5.74, 6) is 0.757. The van der Waals surface area contributed by atoms with Gasteiger partial charge in [0.1, 0.15) is 0 Å². The molecule has 1 saturated carbocycles. The number of aryl methyl sites for hydroxylation is 1. The van der Waals surface area contributed by atoms with Crippen molar-refractivity contribution in [2.45, 2.75) is 25.8 Å². The molecule has 64 valence electrons. The van der Waals surface area contributed by atoms with Gasteiger partial charge in [0.05, 0.1) is 0 Å². The van der Waals surface area contributed by atoms with Gasteiger partial charge in [-0.25, -0.2) is 0 Å². The summed E-state index contributed by atoms with van der Waals surface area (Å²) in [4.78, 5) is 0. The summed E-state index contributed by atoms with van der Waals surface area (Å²) >= 11 is 0. The second-order valence-corrected chi connectivity index (χ2v) is 3.77. The molecule has 1 nitrogen and oxygen atoms in total. The van der Waals surface area contributed by atoms with Gasteiger partial charge in [0, 0.05) is 6.04 Å². The molecule has 0 aromatic heterocycles. The molecule has 0 radical (unpaired) electrons. The number of hydrogen-bond acceptors (Lipinski definition) is 1. The van der Waals surface area contributed by atoms with E-state index in [1.165, 1.54) is 24.0 Å². The van der Waals surface area contributed by atoms with Crippen LogP contribution < -0.4 is 5.73 Å². The molecule has 0 aliphatic heterocycles. The van der Waals surface area contributed by atoms with Crippen LogP contribution in [-0.2, 0) is 0 Å². The molecule has 0 saturated heterocycles. The van der Waals surface area contributed by atoms with Crippen molar-refractivity contribution in [2.75, 3.05) is 0 Å². The van der Waals surface area contributed by atoms with Crippen molar-refractivity contribution >= 4 is 0 Å². The summed E-state index contributed by atoms with van der Waals surface area (Å²) in [5, 5.41) is 0. The second kappa shape index (κ2) is 2.91. The summed E-state index contributed by atoms with van der Waals surface area (Å²) in [6, 6.07) is 8.86. The third-order valence-corrected chi connectivity index (χ3v) is 2.59. The third kappa shape index (κ3) is 1.51. The molecule has 2 rings (SSSR count). The molecule has 1 heteroatoms. The van der Waals surface area contributed by atoms with Crippen LogP contribution in [-0.4, -0.2) is 0 Å². The van der Waals surface area contributed by atoms with Crippen LogP contribution in [0.1, 0.15) is 30.0 Å².